The second-order valence-electron chi connectivity index (χ2n) is 10.0. The van der Waals surface area contributed by atoms with E-state index in [1.165, 1.54) is 59.9 Å². The molecule has 198 valence electrons. The molecule has 0 saturated carbocycles. The Bertz CT molecular complexity index is 1060. The molecule has 3 rings (SSSR count). The number of hydrogen-bond acceptors (Lipinski definition) is 3. The zero-order valence-electron chi connectivity index (χ0n) is 23.0. The predicted octanol–water partition coefficient (Wildman–Crippen LogP) is 8.76. The fourth-order valence-electron chi connectivity index (χ4n) is 4.53. The zero-order chi connectivity index (χ0) is 26.3. The summed E-state index contributed by atoms with van der Waals surface area (Å²) in [4.78, 5) is 11.9. The summed E-state index contributed by atoms with van der Waals surface area (Å²) < 4.78 is 11.7. The van der Waals surface area contributed by atoms with E-state index < -0.39 is 0 Å². The zero-order valence-corrected chi connectivity index (χ0v) is 23.0. The molecule has 37 heavy (non-hydrogen) atoms. The van der Waals surface area contributed by atoms with Crippen molar-refractivity contribution in [3.8, 4) is 16.9 Å². The molecule has 0 heterocycles. The van der Waals surface area contributed by atoms with Crippen molar-refractivity contribution in [3.63, 3.8) is 0 Å². The summed E-state index contributed by atoms with van der Waals surface area (Å²) in [6, 6.07) is 26.0. The Morgan fingerprint density at radius 2 is 1.43 bits per heavy atom. The van der Waals surface area contributed by atoms with Crippen LogP contribution >= 0.6 is 0 Å². The molecule has 1 atom stereocenters. The van der Waals surface area contributed by atoms with Crippen molar-refractivity contribution in [1.82, 2.24) is 0 Å². The van der Waals surface area contributed by atoms with Crippen molar-refractivity contribution < 1.29 is 14.3 Å². The van der Waals surface area contributed by atoms with Gasteiger partial charge in [-0.15, -0.1) is 0 Å². The number of unbranched alkanes of at least 4 members (excludes halogenated alkanes) is 4. The third-order valence-corrected chi connectivity index (χ3v) is 6.70. The van der Waals surface area contributed by atoms with Crippen LogP contribution in [0, 0.1) is 0 Å². The molecular weight excluding hydrogens is 456 g/mol. The van der Waals surface area contributed by atoms with Gasteiger partial charge in [-0.3, -0.25) is 4.79 Å². The van der Waals surface area contributed by atoms with Gasteiger partial charge in [-0.2, -0.15) is 0 Å². The lowest BCUT2D eigenvalue weighted by Crippen LogP contribution is -2.22. The van der Waals surface area contributed by atoms with Gasteiger partial charge in [-0.1, -0.05) is 106 Å². The molecule has 0 radical (unpaired) electrons. The van der Waals surface area contributed by atoms with Crippen LogP contribution in [0.4, 0.5) is 0 Å². The molecule has 3 nitrogen and oxygen atoms in total. The normalized spacial score (nSPS) is 11.8. The molecule has 3 heteroatoms. The van der Waals surface area contributed by atoms with E-state index in [4.69, 9.17) is 9.47 Å². The van der Waals surface area contributed by atoms with Crippen molar-refractivity contribution in [2.75, 3.05) is 6.61 Å². The van der Waals surface area contributed by atoms with Gasteiger partial charge in [0.25, 0.3) is 0 Å². The highest BCUT2D eigenvalue weighted by atomic mass is 16.6. The summed E-state index contributed by atoms with van der Waals surface area (Å²) in [5.41, 5.74) is 6.31. The van der Waals surface area contributed by atoms with Crippen LogP contribution in [-0.2, 0) is 28.8 Å². The van der Waals surface area contributed by atoms with Crippen LogP contribution in [-0.4, -0.2) is 18.7 Å². The highest BCUT2D eigenvalue weighted by Crippen LogP contribution is 2.25. The lowest BCUT2D eigenvalue weighted by molar-refractivity contribution is -0.149. The third kappa shape index (κ3) is 10.1. The molecule has 0 amide bonds. The standard InChI is InChI=1S/C34H44O3/c1-4-6-7-8-10-14-29-20-24-32(33(25-29)36-26-27(3)37-34(35)13-5-2)23-19-28-17-21-31(22-18-28)30-15-11-9-12-16-30/h9,11-12,15-18,20-22,24-25,27H,4-8,10,13-14,19,23,26H2,1-3H3. The molecule has 0 fully saturated rings. The molecule has 0 aliphatic carbocycles. The van der Waals surface area contributed by atoms with Gasteiger partial charge >= 0.3 is 5.97 Å². The largest absolute Gasteiger partial charge is 0.489 e. The van der Waals surface area contributed by atoms with Gasteiger partial charge < -0.3 is 9.47 Å². The molecule has 0 aliphatic rings. The van der Waals surface area contributed by atoms with Crippen LogP contribution in [0.3, 0.4) is 0 Å². The SMILES string of the molecule is CCCCCCCc1ccc(CCc2ccc(-c3ccccc3)cc2)c(OCC(C)OC(=O)CCC)c1. The fraction of sp³-hybridized carbons (Fsp3) is 0.441. The Balaban J connectivity index is 1.64. The van der Waals surface area contributed by atoms with Crippen LogP contribution in [0.5, 0.6) is 5.75 Å². The molecule has 3 aromatic rings. The summed E-state index contributed by atoms with van der Waals surface area (Å²) in [6.45, 7) is 6.51. The van der Waals surface area contributed by atoms with E-state index in [9.17, 15) is 4.79 Å². The van der Waals surface area contributed by atoms with Gasteiger partial charge in [0.05, 0.1) is 0 Å². The summed E-state index contributed by atoms with van der Waals surface area (Å²) in [6.07, 6.45) is 10.3. The smallest absolute Gasteiger partial charge is 0.306 e. The Labute approximate surface area is 224 Å². The molecule has 3 aromatic carbocycles. The number of esters is 1. The predicted molar refractivity (Wildman–Crippen MR) is 154 cm³/mol. The van der Waals surface area contributed by atoms with Gasteiger partial charge in [0.2, 0.25) is 0 Å². The van der Waals surface area contributed by atoms with Crippen LogP contribution in [0.2, 0.25) is 0 Å². The number of carbonyl (C=O) groups excluding carboxylic acids is 1. The van der Waals surface area contributed by atoms with Gasteiger partial charge in [0.15, 0.2) is 0 Å². The Morgan fingerprint density at radius 1 is 0.730 bits per heavy atom. The quantitative estimate of drug-likeness (QED) is 0.146. The number of hydrogen-bond donors (Lipinski definition) is 0. The summed E-state index contributed by atoms with van der Waals surface area (Å²) >= 11 is 0. The highest BCUT2D eigenvalue weighted by Gasteiger charge is 2.12. The first-order valence-corrected chi connectivity index (χ1v) is 14.2. The van der Waals surface area contributed by atoms with E-state index in [1.807, 2.05) is 19.9 Å². The number of carbonyl (C=O) groups is 1. The average molecular weight is 501 g/mol. The van der Waals surface area contributed by atoms with Gasteiger partial charge in [-0.05, 0) is 72.9 Å². The minimum atomic E-state index is -0.268. The minimum absolute atomic E-state index is 0.154. The molecule has 0 N–H and O–H groups in total. The molecule has 0 aromatic heterocycles. The van der Waals surface area contributed by atoms with Gasteiger partial charge in [0.1, 0.15) is 18.5 Å². The number of benzene rings is 3. The van der Waals surface area contributed by atoms with E-state index in [-0.39, 0.29) is 12.1 Å². The fourth-order valence-corrected chi connectivity index (χ4v) is 4.53. The van der Waals surface area contributed by atoms with Crippen LogP contribution < -0.4 is 4.74 Å². The maximum atomic E-state index is 11.9. The molecule has 0 bridgehead atoms. The maximum absolute atomic E-state index is 11.9. The number of ether oxygens (including phenoxy) is 2. The molecular formula is C34H44O3. The van der Waals surface area contributed by atoms with Crippen LogP contribution in [0.1, 0.15) is 82.4 Å². The Hall–Kier alpha value is -3.07. The van der Waals surface area contributed by atoms with Crippen molar-refractivity contribution in [2.45, 2.75) is 91.1 Å². The Morgan fingerprint density at radius 3 is 2.16 bits per heavy atom. The lowest BCUT2D eigenvalue weighted by atomic mass is 9.98. The Kier molecular flexibility index (Phi) is 12.3. The highest BCUT2D eigenvalue weighted by molar-refractivity contribution is 5.69. The lowest BCUT2D eigenvalue weighted by Gasteiger charge is -2.17. The first-order chi connectivity index (χ1) is 18.1. The topological polar surface area (TPSA) is 35.5 Å². The first kappa shape index (κ1) is 28.5. The minimum Gasteiger partial charge on any atom is -0.489 e. The van der Waals surface area contributed by atoms with Crippen molar-refractivity contribution >= 4 is 5.97 Å². The third-order valence-electron chi connectivity index (χ3n) is 6.70. The van der Waals surface area contributed by atoms with Crippen molar-refractivity contribution in [1.29, 1.82) is 0 Å². The monoisotopic (exact) mass is 500 g/mol. The van der Waals surface area contributed by atoms with Crippen LogP contribution in [0.15, 0.2) is 72.8 Å². The van der Waals surface area contributed by atoms with Crippen LogP contribution in [0.25, 0.3) is 11.1 Å². The van der Waals surface area contributed by atoms with Gasteiger partial charge in [0, 0.05) is 6.42 Å². The number of rotatable bonds is 16. The van der Waals surface area contributed by atoms with Crippen molar-refractivity contribution in [3.05, 3.63) is 89.5 Å². The maximum Gasteiger partial charge on any atom is 0.306 e. The molecule has 0 aliphatic heterocycles. The van der Waals surface area contributed by atoms with E-state index in [1.54, 1.807) is 0 Å². The molecule has 1 unspecified atom stereocenters. The van der Waals surface area contributed by atoms with E-state index in [2.05, 4.69) is 73.7 Å². The van der Waals surface area contributed by atoms with E-state index >= 15 is 0 Å². The summed E-state index contributed by atoms with van der Waals surface area (Å²) in [7, 11) is 0. The van der Waals surface area contributed by atoms with E-state index in [0.29, 0.717) is 13.0 Å². The summed E-state index contributed by atoms with van der Waals surface area (Å²) in [5, 5.41) is 0. The van der Waals surface area contributed by atoms with Crippen molar-refractivity contribution in [2.24, 2.45) is 0 Å². The second kappa shape index (κ2) is 15.9. The van der Waals surface area contributed by atoms with E-state index in [0.717, 1.165) is 31.4 Å². The first-order valence-electron chi connectivity index (χ1n) is 14.2. The molecule has 0 spiro atoms. The van der Waals surface area contributed by atoms with Gasteiger partial charge in [-0.25, -0.2) is 0 Å². The second-order valence-corrected chi connectivity index (χ2v) is 10.0. The summed E-state index contributed by atoms with van der Waals surface area (Å²) in [5.74, 6) is 0.768. The molecule has 0 saturated heterocycles. The number of aryl methyl sites for hydroxylation is 3. The average Bonchev–Trinajstić information content (AvgIpc) is 2.92.